The minimum Gasteiger partial charge on any atom is -0.394 e. The summed E-state index contributed by atoms with van der Waals surface area (Å²) in [6.07, 6.45) is -22.3. The van der Waals surface area contributed by atoms with E-state index in [2.05, 4.69) is 33.8 Å². The van der Waals surface area contributed by atoms with E-state index >= 15 is 0 Å². The Kier molecular flexibility index (Phi) is 15.7. The van der Waals surface area contributed by atoms with Gasteiger partial charge in [-0.25, -0.2) is 0 Å². The zero-order valence-corrected chi connectivity index (χ0v) is 41.5. The van der Waals surface area contributed by atoms with Gasteiger partial charge in [0.25, 0.3) is 0 Å². The standard InChI is InChI=1S/C50H80O22/c1-20-7-12-50(64-18-20)21(2)32-28(72-50)14-26-24-6-5-22-13-23(8-10-48(22,3)25(24)9-11-49(26,32)4)65-45-40(62)37(59)41(31(17-53)68-45)69-47-43(71-46-39(61)36(58)34(56)29(15-51)66-46)42(35(57)30(16-52)67-47)70-44-38(60)33(55)27(54)19-63-44/h5,20-21,23-47,51-62H,6-19H2,1-4H3/t20-,21-,23-,24+,25-,26-,27+,28-,29+,30+,31+,32-,33-,34+,35+,36-,37+,38+,39+,40+,41-,42-,43+,44-,45+,46-,47-,48-,49-,50+/m0/s1. The smallest absolute Gasteiger partial charge is 0.187 e. The molecule has 6 aliphatic heterocycles. The number of aliphatic hydroxyl groups excluding tert-OH is 12. The molecule has 10 aliphatic rings. The van der Waals surface area contributed by atoms with Crippen LogP contribution in [-0.2, 0) is 47.4 Å². The first-order valence-electron chi connectivity index (χ1n) is 26.4. The molecular weight excluding hydrogens is 953 g/mol. The lowest BCUT2D eigenvalue weighted by Crippen LogP contribution is -2.68. The molecule has 72 heavy (non-hydrogen) atoms. The van der Waals surface area contributed by atoms with Gasteiger partial charge in [0.2, 0.25) is 0 Å². The van der Waals surface area contributed by atoms with Crippen molar-refractivity contribution in [1.82, 2.24) is 0 Å². The predicted molar refractivity (Wildman–Crippen MR) is 242 cm³/mol. The minimum absolute atomic E-state index is 0.0473. The van der Waals surface area contributed by atoms with Crippen molar-refractivity contribution in [2.45, 2.75) is 220 Å². The van der Waals surface area contributed by atoms with Crippen molar-refractivity contribution in [1.29, 1.82) is 0 Å². The number of aliphatic hydroxyl groups is 12. The molecule has 10 rings (SSSR count). The Labute approximate surface area is 419 Å². The lowest BCUT2D eigenvalue weighted by Gasteiger charge is -2.58. The first-order chi connectivity index (χ1) is 34.3. The lowest BCUT2D eigenvalue weighted by atomic mass is 9.47. The molecule has 12 N–H and O–H groups in total. The largest absolute Gasteiger partial charge is 0.394 e. The molecule has 6 heterocycles. The molecule has 4 aliphatic carbocycles. The Morgan fingerprint density at radius 1 is 0.597 bits per heavy atom. The third-order valence-electron chi connectivity index (χ3n) is 19.4. The first kappa shape index (κ1) is 54.2. The first-order valence-corrected chi connectivity index (χ1v) is 26.4. The maximum absolute atomic E-state index is 11.8. The van der Waals surface area contributed by atoms with Crippen LogP contribution in [0.4, 0.5) is 0 Å². The van der Waals surface area contributed by atoms with E-state index in [0.717, 1.165) is 51.6 Å². The maximum atomic E-state index is 11.8. The van der Waals surface area contributed by atoms with Gasteiger partial charge in [0.15, 0.2) is 30.9 Å². The normalized spacial score (nSPS) is 56.7. The van der Waals surface area contributed by atoms with Gasteiger partial charge in [0.1, 0.15) is 91.6 Å². The quantitative estimate of drug-likeness (QED) is 0.0964. The Bertz CT molecular complexity index is 1890. The molecular formula is C50H80O22. The molecule has 30 atom stereocenters. The fourth-order valence-corrected chi connectivity index (χ4v) is 15.3. The summed E-state index contributed by atoms with van der Waals surface area (Å²) in [7, 11) is 0. The highest BCUT2D eigenvalue weighted by atomic mass is 16.8. The van der Waals surface area contributed by atoms with Crippen LogP contribution in [0.25, 0.3) is 0 Å². The second-order valence-corrected chi connectivity index (χ2v) is 23.5. The molecule has 22 nitrogen and oxygen atoms in total. The van der Waals surface area contributed by atoms with Crippen molar-refractivity contribution >= 4 is 0 Å². The number of rotatable bonds is 11. The molecule has 0 aromatic rings. The molecule has 3 saturated carbocycles. The molecule has 6 saturated heterocycles. The zero-order chi connectivity index (χ0) is 51.3. The van der Waals surface area contributed by atoms with Crippen molar-refractivity contribution < 1.29 is 109 Å². The van der Waals surface area contributed by atoms with Crippen molar-refractivity contribution in [3.05, 3.63) is 11.6 Å². The van der Waals surface area contributed by atoms with Gasteiger partial charge < -0.3 is 109 Å². The van der Waals surface area contributed by atoms with Crippen LogP contribution in [0.1, 0.15) is 85.5 Å². The summed E-state index contributed by atoms with van der Waals surface area (Å²) >= 11 is 0. The summed E-state index contributed by atoms with van der Waals surface area (Å²) in [6, 6.07) is 0. The monoisotopic (exact) mass is 1030 g/mol. The highest BCUT2D eigenvalue weighted by molar-refractivity contribution is 5.26. The summed E-state index contributed by atoms with van der Waals surface area (Å²) in [5.41, 5.74) is 1.44. The molecule has 22 heteroatoms. The molecule has 0 amide bonds. The molecule has 9 fully saturated rings. The highest BCUT2D eigenvalue weighted by Gasteiger charge is 2.69. The number of hydrogen-bond acceptors (Lipinski definition) is 22. The molecule has 0 radical (unpaired) electrons. The van der Waals surface area contributed by atoms with E-state index in [4.69, 9.17) is 47.4 Å². The topological polar surface area (TPSA) is 335 Å². The fraction of sp³-hybridized carbons (Fsp3) is 0.960. The summed E-state index contributed by atoms with van der Waals surface area (Å²) in [4.78, 5) is 0. The van der Waals surface area contributed by atoms with Gasteiger partial charge in [-0.1, -0.05) is 39.3 Å². The van der Waals surface area contributed by atoms with Crippen LogP contribution in [0.5, 0.6) is 0 Å². The van der Waals surface area contributed by atoms with E-state index in [-0.39, 0.29) is 16.9 Å². The van der Waals surface area contributed by atoms with Crippen molar-refractivity contribution in [3.63, 3.8) is 0 Å². The summed E-state index contributed by atoms with van der Waals surface area (Å²) < 4.78 is 61.3. The van der Waals surface area contributed by atoms with Crippen molar-refractivity contribution in [3.8, 4) is 0 Å². The van der Waals surface area contributed by atoms with Crippen LogP contribution < -0.4 is 0 Å². The van der Waals surface area contributed by atoms with Gasteiger partial charge >= 0.3 is 0 Å². The van der Waals surface area contributed by atoms with Crippen LogP contribution in [0.3, 0.4) is 0 Å². The van der Waals surface area contributed by atoms with Crippen molar-refractivity contribution in [2.75, 3.05) is 33.0 Å². The van der Waals surface area contributed by atoms with E-state index in [1.807, 2.05) is 0 Å². The Morgan fingerprint density at radius 2 is 1.24 bits per heavy atom. The number of ether oxygens (including phenoxy) is 10. The third-order valence-corrected chi connectivity index (χ3v) is 19.4. The van der Waals surface area contributed by atoms with Crippen LogP contribution in [0.2, 0.25) is 0 Å². The predicted octanol–water partition coefficient (Wildman–Crippen LogP) is -2.35. The summed E-state index contributed by atoms with van der Waals surface area (Å²) in [5, 5.41) is 129. The Morgan fingerprint density at radius 3 is 1.94 bits per heavy atom. The van der Waals surface area contributed by atoms with Crippen molar-refractivity contribution in [2.24, 2.45) is 46.3 Å². The van der Waals surface area contributed by atoms with E-state index in [0.29, 0.717) is 48.3 Å². The molecule has 0 aromatic carbocycles. The van der Waals surface area contributed by atoms with Gasteiger partial charge in [0, 0.05) is 12.3 Å². The van der Waals surface area contributed by atoms with Crippen LogP contribution in [-0.4, -0.2) is 229 Å². The molecule has 0 aromatic heterocycles. The average molecular weight is 1030 g/mol. The molecule has 1 spiro atoms. The average Bonchev–Trinajstić information content (AvgIpc) is 3.82. The number of allylic oxidation sites excluding steroid dienone is 1. The second-order valence-electron chi connectivity index (χ2n) is 23.5. The number of hydrogen-bond donors (Lipinski definition) is 12. The Hall–Kier alpha value is -1.14. The number of fused-ring (bicyclic) bond motifs is 7. The second kappa shape index (κ2) is 20.9. The van der Waals surface area contributed by atoms with E-state index in [1.54, 1.807) is 0 Å². The van der Waals surface area contributed by atoms with Crippen LogP contribution >= 0.6 is 0 Å². The summed E-state index contributed by atoms with van der Waals surface area (Å²) in [6.45, 7) is 7.28. The fourth-order valence-electron chi connectivity index (χ4n) is 15.3. The van der Waals surface area contributed by atoms with Gasteiger partial charge in [-0.15, -0.1) is 0 Å². The highest BCUT2D eigenvalue weighted by Crippen LogP contribution is 2.70. The van der Waals surface area contributed by atoms with Gasteiger partial charge in [-0.2, -0.15) is 0 Å². The minimum atomic E-state index is -2.00. The van der Waals surface area contributed by atoms with Gasteiger partial charge in [-0.3, -0.25) is 0 Å². The molecule has 0 bridgehead atoms. The SMILES string of the molecule is C[C@H]1CC[C@@]2(OC1)O[C@H]1C[C@H]3[C@@H]4CC=C5C[C@@H](O[C@@H]6O[C@H](CO)[C@H](O[C@@H]7O[C@H](CO)[C@@H](O)[C@H](O[C@@H]8OC[C@@H](O)[C@H](O)[C@H]8O)[C@H]7O[C@@H]7O[C@H](CO)[C@@H](O)[C@H](O)[C@H]7O)[C@H](O)[C@H]6O)CC[C@]5(C)[C@H]4CC[C@]3(C)[C@H]1[C@@H]2C. The van der Waals surface area contributed by atoms with E-state index < -0.39 is 155 Å². The third kappa shape index (κ3) is 9.18. The van der Waals surface area contributed by atoms with E-state index in [9.17, 15) is 61.3 Å². The zero-order valence-electron chi connectivity index (χ0n) is 41.5. The summed E-state index contributed by atoms with van der Waals surface area (Å²) in [5.74, 6) is 2.46. The Balaban J connectivity index is 0.826. The van der Waals surface area contributed by atoms with Crippen LogP contribution in [0, 0.1) is 46.3 Å². The maximum Gasteiger partial charge on any atom is 0.187 e. The van der Waals surface area contributed by atoms with Crippen LogP contribution in [0.15, 0.2) is 11.6 Å². The van der Waals surface area contributed by atoms with Gasteiger partial charge in [-0.05, 0) is 91.8 Å². The molecule has 0 unspecified atom stereocenters. The van der Waals surface area contributed by atoms with Gasteiger partial charge in [0.05, 0.1) is 45.2 Å². The lowest BCUT2D eigenvalue weighted by molar-refractivity contribution is -0.403. The van der Waals surface area contributed by atoms with E-state index in [1.165, 1.54) is 5.57 Å². The molecule has 412 valence electrons.